The second-order valence-electron chi connectivity index (χ2n) is 9.16. The summed E-state index contributed by atoms with van der Waals surface area (Å²) in [6, 6.07) is 20.1. The topological polar surface area (TPSA) is 59.1 Å². The van der Waals surface area contributed by atoms with E-state index in [-0.39, 0.29) is 11.9 Å². The molecule has 6 nitrogen and oxygen atoms in total. The molecule has 3 rings (SSSR count). The first kappa shape index (κ1) is 26.9. The summed E-state index contributed by atoms with van der Waals surface area (Å²) in [4.78, 5) is 29.3. The second-order valence-corrected chi connectivity index (χ2v) is 9.16. The Morgan fingerprint density at radius 3 is 1.69 bits per heavy atom. The van der Waals surface area contributed by atoms with Crippen LogP contribution in [0.4, 0.5) is 0 Å². The van der Waals surface area contributed by atoms with Crippen LogP contribution in [0.2, 0.25) is 0 Å². The lowest BCUT2D eigenvalue weighted by atomic mass is 10.2. The maximum atomic E-state index is 12.3. The lowest BCUT2D eigenvalue weighted by Gasteiger charge is -2.23. The van der Waals surface area contributed by atoms with Crippen LogP contribution in [0, 0.1) is 0 Å². The molecule has 0 aliphatic carbocycles. The van der Waals surface area contributed by atoms with Crippen LogP contribution in [-0.2, 0) is 31.9 Å². The molecule has 6 heteroatoms. The highest BCUT2D eigenvalue weighted by atomic mass is 16.5. The molecule has 1 fully saturated rings. The monoisotopic (exact) mass is 480 g/mol. The minimum atomic E-state index is -0.184. The number of hydrogen-bond donors (Lipinski definition) is 0. The molecule has 190 valence electrons. The lowest BCUT2D eigenvalue weighted by molar-refractivity contribution is -0.144. The van der Waals surface area contributed by atoms with Crippen LogP contribution < -0.4 is 0 Å². The van der Waals surface area contributed by atoms with Gasteiger partial charge in [-0.2, -0.15) is 0 Å². The van der Waals surface area contributed by atoms with Crippen molar-refractivity contribution in [1.82, 2.24) is 9.80 Å². The Kier molecular flexibility index (Phi) is 12.3. The van der Waals surface area contributed by atoms with Gasteiger partial charge in [-0.15, -0.1) is 0 Å². The Labute approximate surface area is 210 Å². The summed E-state index contributed by atoms with van der Waals surface area (Å²) in [5.41, 5.74) is 2.32. The standard InChI is InChI=1S/C29H40N2O4/c32-28(34-24-16-26-10-3-1-4-11-26)14-22-31(21-9-20-30-18-7-8-19-30)23-15-29(33)35-25-17-27-12-5-2-6-13-27/h1-6,10-13H,7-9,14-25H2. The maximum Gasteiger partial charge on any atom is 0.307 e. The molecule has 0 saturated carbocycles. The van der Waals surface area contributed by atoms with Gasteiger partial charge in [0.25, 0.3) is 0 Å². The third kappa shape index (κ3) is 11.5. The maximum absolute atomic E-state index is 12.3. The van der Waals surface area contributed by atoms with Gasteiger partial charge in [0.15, 0.2) is 0 Å². The fraction of sp³-hybridized carbons (Fsp3) is 0.517. The fourth-order valence-corrected chi connectivity index (χ4v) is 4.36. The molecule has 0 spiro atoms. The number of esters is 2. The van der Waals surface area contributed by atoms with Gasteiger partial charge in [-0.25, -0.2) is 0 Å². The molecule has 0 unspecified atom stereocenters. The lowest BCUT2D eigenvalue weighted by Crippen LogP contribution is -2.33. The van der Waals surface area contributed by atoms with E-state index in [2.05, 4.69) is 9.80 Å². The number of ether oxygens (including phenoxy) is 2. The number of hydrogen-bond acceptors (Lipinski definition) is 6. The molecular formula is C29H40N2O4. The Hall–Kier alpha value is -2.70. The van der Waals surface area contributed by atoms with E-state index in [1.165, 1.54) is 25.9 Å². The molecule has 0 aromatic heterocycles. The van der Waals surface area contributed by atoms with Crippen LogP contribution in [0.3, 0.4) is 0 Å². The average Bonchev–Trinajstić information content (AvgIpc) is 3.40. The third-order valence-corrected chi connectivity index (χ3v) is 6.40. The fourth-order valence-electron chi connectivity index (χ4n) is 4.36. The van der Waals surface area contributed by atoms with E-state index >= 15 is 0 Å². The summed E-state index contributed by atoms with van der Waals surface area (Å²) in [6.45, 7) is 6.29. The Morgan fingerprint density at radius 1 is 0.714 bits per heavy atom. The van der Waals surface area contributed by atoms with Crippen molar-refractivity contribution in [2.45, 2.75) is 44.9 Å². The van der Waals surface area contributed by atoms with Crippen molar-refractivity contribution >= 4 is 11.9 Å². The van der Waals surface area contributed by atoms with Crippen molar-refractivity contribution in [1.29, 1.82) is 0 Å². The first-order valence-corrected chi connectivity index (χ1v) is 13.0. The summed E-state index contributed by atoms with van der Waals surface area (Å²) in [5.74, 6) is -0.369. The van der Waals surface area contributed by atoms with Crippen LogP contribution in [-0.4, -0.2) is 74.2 Å². The molecular weight excluding hydrogens is 440 g/mol. The summed E-state index contributed by atoms with van der Waals surface area (Å²) < 4.78 is 10.9. The molecule has 1 saturated heterocycles. The predicted octanol–water partition coefficient (Wildman–Crippen LogP) is 4.13. The number of benzene rings is 2. The van der Waals surface area contributed by atoms with Gasteiger partial charge < -0.3 is 19.3 Å². The van der Waals surface area contributed by atoms with Crippen LogP contribution in [0.5, 0.6) is 0 Å². The molecule has 0 atom stereocenters. The largest absolute Gasteiger partial charge is 0.465 e. The zero-order chi connectivity index (χ0) is 24.6. The first-order valence-electron chi connectivity index (χ1n) is 13.0. The highest BCUT2D eigenvalue weighted by Gasteiger charge is 2.15. The Bertz CT molecular complexity index is 792. The Morgan fingerprint density at radius 2 is 1.20 bits per heavy atom. The van der Waals surface area contributed by atoms with E-state index in [0.29, 0.717) is 39.1 Å². The molecule has 1 aliphatic heterocycles. The molecule has 1 aliphatic rings. The van der Waals surface area contributed by atoms with E-state index in [1.807, 2.05) is 60.7 Å². The van der Waals surface area contributed by atoms with Crippen LogP contribution in [0.15, 0.2) is 60.7 Å². The number of rotatable bonds is 16. The van der Waals surface area contributed by atoms with Crippen molar-refractivity contribution < 1.29 is 19.1 Å². The minimum absolute atomic E-state index is 0.184. The van der Waals surface area contributed by atoms with Gasteiger partial charge in [-0.05, 0) is 56.6 Å². The van der Waals surface area contributed by atoms with Crippen molar-refractivity contribution in [2.24, 2.45) is 0 Å². The quantitative estimate of drug-likeness (QED) is 0.337. The van der Waals surface area contributed by atoms with Gasteiger partial charge in [-0.3, -0.25) is 9.59 Å². The molecule has 1 heterocycles. The zero-order valence-electron chi connectivity index (χ0n) is 20.9. The number of likely N-dealkylation sites (tertiary alicyclic amines) is 1. The SMILES string of the molecule is O=C(CCN(CCCN1CCCC1)CCC(=O)OCCc1ccccc1)OCCc1ccccc1. The van der Waals surface area contributed by atoms with Gasteiger partial charge in [0.2, 0.25) is 0 Å². The van der Waals surface area contributed by atoms with Crippen molar-refractivity contribution in [2.75, 3.05) is 52.5 Å². The zero-order valence-corrected chi connectivity index (χ0v) is 20.9. The minimum Gasteiger partial charge on any atom is -0.465 e. The van der Waals surface area contributed by atoms with Crippen molar-refractivity contribution in [3.8, 4) is 0 Å². The Balaban J connectivity index is 1.35. The van der Waals surface area contributed by atoms with Gasteiger partial charge >= 0.3 is 11.9 Å². The van der Waals surface area contributed by atoms with Gasteiger partial charge in [0, 0.05) is 25.9 Å². The normalized spacial score (nSPS) is 13.7. The van der Waals surface area contributed by atoms with Crippen LogP contribution in [0.1, 0.15) is 43.2 Å². The van der Waals surface area contributed by atoms with Crippen molar-refractivity contribution in [3.63, 3.8) is 0 Å². The summed E-state index contributed by atoms with van der Waals surface area (Å²) >= 11 is 0. The van der Waals surface area contributed by atoms with E-state index < -0.39 is 0 Å². The summed E-state index contributed by atoms with van der Waals surface area (Å²) in [5, 5.41) is 0. The molecule has 0 N–H and O–H groups in total. The van der Waals surface area contributed by atoms with Crippen LogP contribution >= 0.6 is 0 Å². The highest BCUT2D eigenvalue weighted by Crippen LogP contribution is 2.09. The van der Waals surface area contributed by atoms with E-state index in [9.17, 15) is 9.59 Å². The van der Waals surface area contributed by atoms with E-state index in [0.717, 1.165) is 43.5 Å². The van der Waals surface area contributed by atoms with E-state index in [4.69, 9.17) is 9.47 Å². The second kappa shape index (κ2) is 16.1. The average molecular weight is 481 g/mol. The number of carbonyl (C=O) groups excluding carboxylic acids is 2. The van der Waals surface area contributed by atoms with E-state index in [1.54, 1.807) is 0 Å². The van der Waals surface area contributed by atoms with Gasteiger partial charge in [0.05, 0.1) is 26.1 Å². The highest BCUT2D eigenvalue weighted by molar-refractivity contribution is 5.70. The molecule has 0 radical (unpaired) electrons. The molecule has 0 bridgehead atoms. The third-order valence-electron chi connectivity index (χ3n) is 6.40. The number of carbonyl (C=O) groups is 2. The molecule has 2 aromatic carbocycles. The molecule has 0 amide bonds. The summed E-state index contributed by atoms with van der Waals surface area (Å²) in [7, 11) is 0. The first-order chi connectivity index (χ1) is 17.2. The van der Waals surface area contributed by atoms with Crippen LogP contribution in [0.25, 0.3) is 0 Å². The predicted molar refractivity (Wildman–Crippen MR) is 138 cm³/mol. The molecule has 2 aromatic rings. The number of nitrogens with zero attached hydrogens (tertiary/aromatic N) is 2. The molecule has 35 heavy (non-hydrogen) atoms. The smallest absolute Gasteiger partial charge is 0.307 e. The van der Waals surface area contributed by atoms with Gasteiger partial charge in [0.1, 0.15) is 0 Å². The van der Waals surface area contributed by atoms with Gasteiger partial charge in [-0.1, -0.05) is 60.7 Å². The summed E-state index contributed by atoms with van der Waals surface area (Å²) in [6.07, 6.45) is 5.72. The van der Waals surface area contributed by atoms with Crippen molar-refractivity contribution in [3.05, 3.63) is 71.8 Å².